The number of ether oxygens (including phenoxy) is 1. The summed E-state index contributed by atoms with van der Waals surface area (Å²) in [5, 5.41) is 6.14. The summed E-state index contributed by atoms with van der Waals surface area (Å²) in [6.07, 6.45) is 1.00. The van der Waals surface area contributed by atoms with E-state index in [1.807, 2.05) is 25.2 Å². The van der Waals surface area contributed by atoms with Gasteiger partial charge in [0.2, 0.25) is 0 Å². The highest BCUT2D eigenvalue weighted by molar-refractivity contribution is 5.95. The van der Waals surface area contributed by atoms with Gasteiger partial charge in [0.05, 0.1) is 5.69 Å². The van der Waals surface area contributed by atoms with Crippen LogP contribution in [-0.4, -0.2) is 26.1 Å². The SMILES string of the molecule is CCC(CN)C(NC)c1ccc2c(c1)NC(=O)CO2. The quantitative estimate of drug-likeness (QED) is 0.747. The van der Waals surface area contributed by atoms with Crippen LogP contribution in [-0.2, 0) is 4.79 Å². The minimum atomic E-state index is -0.114. The molecule has 0 saturated heterocycles. The molecular formula is C14H21N3O2. The van der Waals surface area contributed by atoms with Gasteiger partial charge in [-0.05, 0) is 37.2 Å². The number of fused-ring (bicyclic) bond motifs is 1. The van der Waals surface area contributed by atoms with Gasteiger partial charge in [-0.2, -0.15) is 0 Å². The first-order valence-corrected chi connectivity index (χ1v) is 6.63. The van der Waals surface area contributed by atoms with Crippen molar-refractivity contribution in [3.05, 3.63) is 23.8 Å². The summed E-state index contributed by atoms with van der Waals surface area (Å²) >= 11 is 0. The van der Waals surface area contributed by atoms with E-state index in [2.05, 4.69) is 17.6 Å². The molecule has 0 aliphatic carbocycles. The Morgan fingerprint density at radius 3 is 2.95 bits per heavy atom. The second kappa shape index (κ2) is 6.04. The lowest BCUT2D eigenvalue weighted by molar-refractivity contribution is -0.118. The van der Waals surface area contributed by atoms with Crippen molar-refractivity contribution < 1.29 is 9.53 Å². The third kappa shape index (κ3) is 2.88. The van der Waals surface area contributed by atoms with E-state index in [-0.39, 0.29) is 18.6 Å². The molecule has 5 heteroatoms. The molecule has 0 aromatic heterocycles. The number of hydrogen-bond acceptors (Lipinski definition) is 4. The lowest BCUT2D eigenvalue weighted by Gasteiger charge is -2.27. The standard InChI is InChI=1S/C14H21N3O2/c1-3-9(7-15)14(16-2)10-4-5-12-11(6-10)17-13(18)8-19-12/h4-6,9,14,16H,3,7-8,15H2,1-2H3,(H,17,18). The topological polar surface area (TPSA) is 76.4 Å². The van der Waals surface area contributed by atoms with Crippen LogP contribution in [0.4, 0.5) is 5.69 Å². The van der Waals surface area contributed by atoms with Crippen LogP contribution < -0.4 is 21.1 Å². The maximum atomic E-state index is 11.4. The molecular weight excluding hydrogens is 242 g/mol. The van der Waals surface area contributed by atoms with Crippen molar-refractivity contribution in [1.82, 2.24) is 5.32 Å². The Balaban J connectivity index is 2.29. The third-order valence-corrected chi connectivity index (χ3v) is 3.61. The van der Waals surface area contributed by atoms with Gasteiger partial charge in [0.1, 0.15) is 5.75 Å². The van der Waals surface area contributed by atoms with Gasteiger partial charge in [-0.15, -0.1) is 0 Å². The van der Waals surface area contributed by atoms with Crippen molar-refractivity contribution in [1.29, 1.82) is 0 Å². The maximum Gasteiger partial charge on any atom is 0.262 e. The maximum absolute atomic E-state index is 11.4. The van der Waals surface area contributed by atoms with Crippen LogP contribution in [0.15, 0.2) is 18.2 Å². The van der Waals surface area contributed by atoms with Crippen molar-refractivity contribution in [3.8, 4) is 5.75 Å². The Morgan fingerprint density at radius 2 is 2.32 bits per heavy atom. The van der Waals surface area contributed by atoms with E-state index in [0.29, 0.717) is 12.5 Å². The normalized spacial score (nSPS) is 17.1. The first-order valence-electron chi connectivity index (χ1n) is 6.63. The van der Waals surface area contributed by atoms with Crippen molar-refractivity contribution in [2.75, 3.05) is 25.5 Å². The molecule has 19 heavy (non-hydrogen) atoms. The number of amides is 1. The summed E-state index contributed by atoms with van der Waals surface area (Å²) in [6.45, 7) is 2.84. The van der Waals surface area contributed by atoms with Gasteiger partial charge in [0, 0.05) is 6.04 Å². The van der Waals surface area contributed by atoms with E-state index in [1.54, 1.807) is 0 Å². The highest BCUT2D eigenvalue weighted by Gasteiger charge is 2.22. The van der Waals surface area contributed by atoms with Gasteiger partial charge in [0.15, 0.2) is 6.61 Å². The zero-order valence-electron chi connectivity index (χ0n) is 11.4. The molecule has 0 bridgehead atoms. The van der Waals surface area contributed by atoms with Crippen LogP contribution in [0.3, 0.4) is 0 Å². The molecule has 0 saturated carbocycles. The number of hydrogen-bond donors (Lipinski definition) is 3. The number of nitrogens with two attached hydrogens (primary N) is 1. The number of anilines is 1. The lowest BCUT2D eigenvalue weighted by Crippen LogP contribution is -2.31. The number of nitrogens with one attached hydrogen (secondary N) is 2. The van der Waals surface area contributed by atoms with E-state index in [4.69, 9.17) is 10.5 Å². The van der Waals surface area contributed by atoms with Crippen LogP contribution in [0, 0.1) is 5.92 Å². The molecule has 1 aromatic carbocycles. The Hall–Kier alpha value is -1.59. The molecule has 1 aliphatic heterocycles. The second-order valence-electron chi connectivity index (χ2n) is 4.76. The fourth-order valence-corrected chi connectivity index (χ4v) is 2.51. The summed E-state index contributed by atoms with van der Waals surface area (Å²) in [5.41, 5.74) is 7.67. The van der Waals surface area contributed by atoms with E-state index in [1.165, 1.54) is 0 Å². The largest absolute Gasteiger partial charge is 0.482 e. The minimum absolute atomic E-state index is 0.0855. The Morgan fingerprint density at radius 1 is 1.53 bits per heavy atom. The van der Waals surface area contributed by atoms with E-state index in [9.17, 15) is 4.79 Å². The van der Waals surface area contributed by atoms with Gasteiger partial charge in [-0.3, -0.25) is 4.79 Å². The molecule has 104 valence electrons. The number of carbonyl (C=O) groups excluding carboxylic acids is 1. The van der Waals surface area contributed by atoms with E-state index >= 15 is 0 Å². The summed E-state index contributed by atoms with van der Waals surface area (Å²) < 4.78 is 5.36. The molecule has 0 radical (unpaired) electrons. The van der Waals surface area contributed by atoms with Crippen LogP contribution >= 0.6 is 0 Å². The van der Waals surface area contributed by atoms with Gasteiger partial charge >= 0.3 is 0 Å². The Kier molecular flexibility index (Phi) is 4.39. The first kappa shape index (κ1) is 13.8. The van der Waals surface area contributed by atoms with E-state index in [0.717, 1.165) is 23.4 Å². The highest BCUT2D eigenvalue weighted by atomic mass is 16.5. The van der Waals surface area contributed by atoms with Gasteiger partial charge in [-0.25, -0.2) is 0 Å². The molecule has 2 unspecified atom stereocenters. The molecule has 0 fully saturated rings. The zero-order valence-corrected chi connectivity index (χ0v) is 11.4. The Labute approximate surface area is 113 Å². The minimum Gasteiger partial charge on any atom is -0.482 e. The monoisotopic (exact) mass is 263 g/mol. The third-order valence-electron chi connectivity index (χ3n) is 3.61. The molecule has 0 spiro atoms. The lowest BCUT2D eigenvalue weighted by atomic mass is 9.90. The van der Waals surface area contributed by atoms with Crippen molar-refractivity contribution in [2.24, 2.45) is 11.7 Å². The average Bonchev–Trinajstić information content (AvgIpc) is 2.43. The molecule has 2 rings (SSSR count). The number of benzene rings is 1. The molecule has 5 nitrogen and oxygen atoms in total. The molecule has 1 aliphatic rings. The predicted molar refractivity (Wildman–Crippen MR) is 75.2 cm³/mol. The van der Waals surface area contributed by atoms with Crippen LogP contribution in [0.25, 0.3) is 0 Å². The van der Waals surface area contributed by atoms with Gasteiger partial charge in [0.25, 0.3) is 5.91 Å². The van der Waals surface area contributed by atoms with Crippen molar-refractivity contribution in [3.63, 3.8) is 0 Å². The summed E-state index contributed by atoms with van der Waals surface area (Å²) in [6, 6.07) is 6.07. The molecule has 1 heterocycles. The Bertz CT molecular complexity index is 458. The molecule has 1 amide bonds. The van der Waals surface area contributed by atoms with Crippen LogP contribution in [0.5, 0.6) is 5.75 Å². The average molecular weight is 263 g/mol. The fraction of sp³-hybridized carbons (Fsp3) is 0.500. The first-order chi connectivity index (χ1) is 9.19. The summed E-state index contributed by atoms with van der Waals surface area (Å²) in [5.74, 6) is 0.971. The number of carbonyl (C=O) groups is 1. The van der Waals surface area contributed by atoms with Gasteiger partial charge < -0.3 is 21.1 Å². The van der Waals surface area contributed by atoms with Crippen molar-refractivity contribution in [2.45, 2.75) is 19.4 Å². The molecule has 4 N–H and O–H groups in total. The number of rotatable bonds is 5. The molecule has 2 atom stereocenters. The smallest absolute Gasteiger partial charge is 0.262 e. The van der Waals surface area contributed by atoms with Crippen LogP contribution in [0.1, 0.15) is 24.9 Å². The van der Waals surface area contributed by atoms with E-state index < -0.39 is 0 Å². The molecule has 1 aromatic rings. The van der Waals surface area contributed by atoms with Crippen molar-refractivity contribution >= 4 is 11.6 Å². The summed E-state index contributed by atoms with van der Waals surface area (Å²) in [4.78, 5) is 11.4. The fourth-order valence-electron chi connectivity index (χ4n) is 2.51. The summed E-state index contributed by atoms with van der Waals surface area (Å²) in [7, 11) is 1.93. The zero-order chi connectivity index (χ0) is 13.8. The predicted octanol–water partition coefficient (Wildman–Crippen LogP) is 1.26. The second-order valence-corrected chi connectivity index (χ2v) is 4.76. The van der Waals surface area contributed by atoms with Gasteiger partial charge in [-0.1, -0.05) is 19.4 Å². The highest BCUT2D eigenvalue weighted by Crippen LogP contribution is 2.33. The van der Waals surface area contributed by atoms with Crippen LogP contribution in [0.2, 0.25) is 0 Å².